The minimum absolute atomic E-state index is 0.0533. The Kier molecular flexibility index (Phi) is 6.01. The lowest BCUT2D eigenvalue weighted by Gasteiger charge is -2.08. The Bertz CT molecular complexity index is 661. The highest BCUT2D eigenvalue weighted by molar-refractivity contribution is 5.76. The molecule has 2 nitrogen and oxygen atoms in total. The van der Waals surface area contributed by atoms with Gasteiger partial charge in [0.2, 0.25) is 5.91 Å². The van der Waals surface area contributed by atoms with E-state index >= 15 is 0 Å². The van der Waals surface area contributed by atoms with E-state index in [4.69, 9.17) is 0 Å². The van der Waals surface area contributed by atoms with Gasteiger partial charge in [-0.15, -0.1) is 0 Å². The largest absolute Gasteiger partial charge is 0.416 e. The lowest BCUT2D eigenvalue weighted by Crippen LogP contribution is -2.25. The SMILES string of the molecule is Cc1ccc(CCC(=O)NCCc2ccc(C(F)(F)F)cc2)cc1. The molecule has 0 aliphatic carbocycles. The quantitative estimate of drug-likeness (QED) is 0.837. The number of hydrogen-bond donors (Lipinski definition) is 1. The van der Waals surface area contributed by atoms with Gasteiger partial charge in [-0.3, -0.25) is 4.79 Å². The summed E-state index contributed by atoms with van der Waals surface area (Å²) in [6.45, 7) is 2.43. The van der Waals surface area contributed by atoms with Gasteiger partial charge in [-0.1, -0.05) is 42.0 Å². The Balaban J connectivity index is 1.71. The summed E-state index contributed by atoms with van der Waals surface area (Å²) in [5, 5.41) is 2.80. The molecule has 5 heteroatoms. The maximum absolute atomic E-state index is 12.5. The maximum Gasteiger partial charge on any atom is 0.416 e. The van der Waals surface area contributed by atoms with E-state index in [1.165, 1.54) is 17.7 Å². The van der Waals surface area contributed by atoms with Crippen molar-refractivity contribution < 1.29 is 18.0 Å². The van der Waals surface area contributed by atoms with Crippen molar-refractivity contribution in [2.45, 2.75) is 32.4 Å². The molecular formula is C19H20F3NO. The molecule has 2 aromatic carbocycles. The van der Waals surface area contributed by atoms with Crippen LogP contribution in [0.15, 0.2) is 48.5 Å². The molecule has 1 amide bonds. The molecule has 0 bridgehead atoms. The van der Waals surface area contributed by atoms with Gasteiger partial charge in [-0.25, -0.2) is 0 Å². The first kappa shape index (κ1) is 18.0. The van der Waals surface area contributed by atoms with Crippen LogP contribution in [0.25, 0.3) is 0 Å². The number of carbonyl (C=O) groups excluding carboxylic acids is 1. The number of amides is 1. The predicted molar refractivity (Wildman–Crippen MR) is 87.7 cm³/mol. The molecule has 0 radical (unpaired) electrons. The van der Waals surface area contributed by atoms with E-state index in [1.54, 1.807) is 0 Å². The van der Waals surface area contributed by atoms with Gasteiger partial charge < -0.3 is 5.32 Å². The first-order valence-electron chi connectivity index (χ1n) is 7.83. The zero-order valence-corrected chi connectivity index (χ0v) is 13.5. The molecule has 2 aromatic rings. The van der Waals surface area contributed by atoms with Crippen LogP contribution in [0.3, 0.4) is 0 Å². The Labute approximate surface area is 139 Å². The normalized spacial score (nSPS) is 11.3. The van der Waals surface area contributed by atoms with Gasteiger partial charge in [0, 0.05) is 13.0 Å². The topological polar surface area (TPSA) is 29.1 Å². The summed E-state index contributed by atoms with van der Waals surface area (Å²) in [6, 6.07) is 13.1. The first-order chi connectivity index (χ1) is 11.3. The van der Waals surface area contributed by atoms with E-state index < -0.39 is 11.7 Å². The molecule has 0 saturated heterocycles. The average molecular weight is 335 g/mol. The fourth-order valence-corrected chi connectivity index (χ4v) is 2.31. The third-order valence-corrected chi connectivity index (χ3v) is 3.78. The summed E-state index contributed by atoms with van der Waals surface area (Å²) >= 11 is 0. The molecule has 128 valence electrons. The zero-order valence-electron chi connectivity index (χ0n) is 13.5. The summed E-state index contributed by atoms with van der Waals surface area (Å²) in [4.78, 5) is 11.8. The standard InChI is InChI=1S/C19H20F3NO/c1-14-2-4-15(5-3-14)8-11-18(24)23-13-12-16-6-9-17(10-7-16)19(20,21)22/h2-7,9-10H,8,11-13H2,1H3,(H,23,24). The van der Waals surface area contributed by atoms with Crippen molar-refractivity contribution in [2.24, 2.45) is 0 Å². The molecule has 2 rings (SSSR count). The second kappa shape index (κ2) is 7.99. The van der Waals surface area contributed by atoms with Crippen molar-refractivity contribution in [3.63, 3.8) is 0 Å². The van der Waals surface area contributed by atoms with Crippen molar-refractivity contribution in [3.05, 3.63) is 70.8 Å². The van der Waals surface area contributed by atoms with Crippen molar-refractivity contribution in [1.82, 2.24) is 5.32 Å². The molecule has 0 heterocycles. The molecule has 0 spiro atoms. The van der Waals surface area contributed by atoms with Gasteiger partial charge in [0.25, 0.3) is 0 Å². The van der Waals surface area contributed by atoms with Gasteiger partial charge in [0.1, 0.15) is 0 Å². The summed E-state index contributed by atoms with van der Waals surface area (Å²) in [7, 11) is 0. The molecule has 24 heavy (non-hydrogen) atoms. The van der Waals surface area contributed by atoms with Crippen LogP contribution in [-0.4, -0.2) is 12.5 Å². The summed E-state index contributed by atoms with van der Waals surface area (Å²) in [5.41, 5.74) is 2.40. The fraction of sp³-hybridized carbons (Fsp3) is 0.316. The van der Waals surface area contributed by atoms with Crippen molar-refractivity contribution in [2.75, 3.05) is 6.54 Å². The summed E-state index contributed by atoms with van der Waals surface area (Å²) in [6.07, 6.45) is -2.74. The van der Waals surface area contributed by atoms with Crippen LogP contribution in [0.1, 0.15) is 28.7 Å². The third-order valence-electron chi connectivity index (χ3n) is 3.78. The highest BCUT2D eigenvalue weighted by atomic mass is 19.4. The minimum Gasteiger partial charge on any atom is -0.356 e. The van der Waals surface area contributed by atoms with Gasteiger partial charge in [0.15, 0.2) is 0 Å². The van der Waals surface area contributed by atoms with E-state index in [0.29, 0.717) is 25.8 Å². The second-order valence-corrected chi connectivity index (χ2v) is 5.78. The van der Waals surface area contributed by atoms with Crippen LogP contribution in [-0.2, 0) is 23.8 Å². The molecular weight excluding hydrogens is 315 g/mol. The van der Waals surface area contributed by atoms with Crippen molar-refractivity contribution in [3.8, 4) is 0 Å². The number of halogens is 3. The summed E-state index contributed by atoms with van der Waals surface area (Å²) < 4.78 is 37.4. The summed E-state index contributed by atoms with van der Waals surface area (Å²) in [5.74, 6) is -0.0533. The highest BCUT2D eigenvalue weighted by Gasteiger charge is 2.29. The maximum atomic E-state index is 12.5. The van der Waals surface area contributed by atoms with Crippen LogP contribution in [0.4, 0.5) is 13.2 Å². The molecule has 1 N–H and O–H groups in total. The predicted octanol–water partition coefficient (Wildman–Crippen LogP) is 4.31. The first-order valence-corrected chi connectivity index (χ1v) is 7.83. The zero-order chi connectivity index (χ0) is 17.6. The minimum atomic E-state index is -4.32. The van der Waals surface area contributed by atoms with Crippen LogP contribution in [0.5, 0.6) is 0 Å². The number of carbonyl (C=O) groups is 1. The molecule has 0 saturated carbocycles. The number of alkyl halides is 3. The Morgan fingerprint density at radius 1 is 0.917 bits per heavy atom. The molecule has 0 fully saturated rings. The van der Waals surface area contributed by atoms with Crippen LogP contribution in [0, 0.1) is 6.92 Å². The van der Waals surface area contributed by atoms with E-state index in [-0.39, 0.29) is 5.91 Å². The van der Waals surface area contributed by atoms with Crippen molar-refractivity contribution in [1.29, 1.82) is 0 Å². The lowest BCUT2D eigenvalue weighted by atomic mass is 10.1. The number of rotatable bonds is 6. The second-order valence-electron chi connectivity index (χ2n) is 5.78. The molecule has 0 unspecified atom stereocenters. The van der Waals surface area contributed by atoms with Crippen LogP contribution >= 0.6 is 0 Å². The molecule has 0 atom stereocenters. The number of benzene rings is 2. The van der Waals surface area contributed by atoms with Crippen LogP contribution in [0.2, 0.25) is 0 Å². The Morgan fingerprint density at radius 3 is 2.04 bits per heavy atom. The van der Waals surface area contributed by atoms with Crippen molar-refractivity contribution >= 4 is 5.91 Å². The van der Waals surface area contributed by atoms with Gasteiger partial charge in [0.05, 0.1) is 5.56 Å². The van der Waals surface area contributed by atoms with E-state index in [2.05, 4.69) is 5.32 Å². The lowest BCUT2D eigenvalue weighted by molar-refractivity contribution is -0.137. The highest BCUT2D eigenvalue weighted by Crippen LogP contribution is 2.29. The molecule has 0 aliphatic rings. The van der Waals surface area contributed by atoms with Gasteiger partial charge >= 0.3 is 6.18 Å². The van der Waals surface area contributed by atoms with Gasteiger partial charge in [-0.2, -0.15) is 13.2 Å². The number of hydrogen-bond acceptors (Lipinski definition) is 1. The Hall–Kier alpha value is -2.30. The monoisotopic (exact) mass is 335 g/mol. The number of nitrogens with one attached hydrogen (secondary N) is 1. The van der Waals surface area contributed by atoms with E-state index in [9.17, 15) is 18.0 Å². The van der Waals surface area contributed by atoms with Crippen LogP contribution < -0.4 is 5.32 Å². The van der Waals surface area contributed by atoms with E-state index in [1.807, 2.05) is 31.2 Å². The van der Waals surface area contributed by atoms with E-state index in [0.717, 1.165) is 23.3 Å². The molecule has 0 aromatic heterocycles. The number of aryl methyl sites for hydroxylation is 2. The fourth-order valence-electron chi connectivity index (χ4n) is 2.31. The molecule has 0 aliphatic heterocycles. The third kappa shape index (κ3) is 5.72. The average Bonchev–Trinajstić information content (AvgIpc) is 2.54. The Morgan fingerprint density at radius 2 is 1.46 bits per heavy atom. The van der Waals surface area contributed by atoms with Gasteiger partial charge in [-0.05, 0) is 43.0 Å². The smallest absolute Gasteiger partial charge is 0.356 e.